The standard InChI is InChI=1S/C14H20O4/c1-2-17-8-11(15)9-18-12-4-5-13-10(7-12)3-6-14(13)16/h4-5,7,11,14-16H,2-3,6,8-9H2,1H3/t11?,14-/m0/s1. The van der Waals surface area contributed by atoms with Crippen LogP contribution in [0.4, 0.5) is 0 Å². The Hall–Kier alpha value is -1.10. The van der Waals surface area contributed by atoms with Crippen LogP contribution in [0.25, 0.3) is 0 Å². The summed E-state index contributed by atoms with van der Waals surface area (Å²) in [6, 6.07) is 5.68. The third kappa shape index (κ3) is 3.22. The molecule has 2 rings (SSSR count). The molecule has 1 aliphatic carbocycles. The molecule has 0 aliphatic heterocycles. The lowest BCUT2D eigenvalue weighted by Crippen LogP contribution is -2.23. The third-order valence-corrected chi connectivity index (χ3v) is 3.12. The molecule has 2 N–H and O–H groups in total. The SMILES string of the molecule is CCOCC(O)COc1ccc2c(c1)CC[C@@H]2O. The van der Waals surface area contributed by atoms with Crippen molar-refractivity contribution in [3.05, 3.63) is 29.3 Å². The van der Waals surface area contributed by atoms with E-state index in [0.717, 1.165) is 29.7 Å². The predicted molar refractivity (Wildman–Crippen MR) is 67.7 cm³/mol. The first-order valence-corrected chi connectivity index (χ1v) is 6.40. The number of hydrogen-bond acceptors (Lipinski definition) is 4. The molecule has 4 heteroatoms. The number of ether oxygens (including phenoxy) is 2. The highest BCUT2D eigenvalue weighted by Gasteiger charge is 2.20. The van der Waals surface area contributed by atoms with Gasteiger partial charge in [-0.05, 0) is 43.0 Å². The highest BCUT2D eigenvalue weighted by molar-refractivity contribution is 5.39. The van der Waals surface area contributed by atoms with Crippen LogP contribution in [0, 0.1) is 0 Å². The fourth-order valence-corrected chi connectivity index (χ4v) is 2.16. The maximum atomic E-state index is 9.69. The monoisotopic (exact) mass is 252 g/mol. The Morgan fingerprint density at radius 2 is 2.22 bits per heavy atom. The van der Waals surface area contributed by atoms with Crippen LogP contribution in [-0.2, 0) is 11.2 Å². The van der Waals surface area contributed by atoms with Crippen LogP contribution >= 0.6 is 0 Å². The van der Waals surface area contributed by atoms with Crippen molar-refractivity contribution in [3.63, 3.8) is 0 Å². The van der Waals surface area contributed by atoms with Crippen molar-refractivity contribution >= 4 is 0 Å². The van der Waals surface area contributed by atoms with Gasteiger partial charge in [0.25, 0.3) is 0 Å². The van der Waals surface area contributed by atoms with Gasteiger partial charge in [-0.3, -0.25) is 0 Å². The molecule has 1 aromatic rings. The van der Waals surface area contributed by atoms with Crippen molar-refractivity contribution in [3.8, 4) is 5.75 Å². The summed E-state index contributed by atoms with van der Waals surface area (Å²) in [7, 11) is 0. The van der Waals surface area contributed by atoms with Gasteiger partial charge < -0.3 is 19.7 Å². The number of fused-ring (bicyclic) bond motifs is 1. The summed E-state index contributed by atoms with van der Waals surface area (Å²) in [4.78, 5) is 0. The van der Waals surface area contributed by atoms with Crippen LogP contribution in [-0.4, -0.2) is 36.1 Å². The minimum Gasteiger partial charge on any atom is -0.491 e. The summed E-state index contributed by atoms with van der Waals surface area (Å²) in [6.07, 6.45) is 0.724. The van der Waals surface area contributed by atoms with Gasteiger partial charge in [0.1, 0.15) is 18.5 Å². The Labute approximate surface area is 107 Å². The number of aryl methyl sites for hydroxylation is 1. The number of rotatable bonds is 6. The van der Waals surface area contributed by atoms with Crippen molar-refractivity contribution in [2.75, 3.05) is 19.8 Å². The van der Waals surface area contributed by atoms with Gasteiger partial charge in [0.2, 0.25) is 0 Å². The molecular weight excluding hydrogens is 232 g/mol. The summed E-state index contributed by atoms with van der Waals surface area (Å²) in [5.74, 6) is 0.735. The van der Waals surface area contributed by atoms with Gasteiger partial charge in [-0.25, -0.2) is 0 Å². The number of hydrogen-bond donors (Lipinski definition) is 2. The average Bonchev–Trinajstić information content (AvgIpc) is 2.75. The van der Waals surface area contributed by atoms with E-state index in [-0.39, 0.29) is 12.7 Å². The van der Waals surface area contributed by atoms with E-state index >= 15 is 0 Å². The van der Waals surface area contributed by atoms with Gasteiger partial charge in [0.05, 0.1) is 12.7 Å². The molecule has 1 unspecified atom stereocenters. The molecule has 0 saturated heterocycles. The first-order valence-electron chi connectivity index (χ1n) is 6.40. The lowest BCUT2D eigenvalue weighted by atomic mass is 10.1. The van der Waals surface area contributed by atoms with E-state index in [1.165, 1.54) is 0 Å². The predicted octanol–water partition coefficient (Wildman–Crippen LogP) is 1.44. The Morgan fingerprint density at radius 3 is 3.00 bits per heavy atom. The number of aliphatic hydroxyl groups excluding tert-OH is 2. The van der Waals surface area contributed by atoms with Gasteiger partial charge in [0, 0.05) is 6.61 Å². The fourth-order valence-electron chi connectivity index (χ4n) is 2.16. The second kappa shape index (κ2) is 6.18. The van der Waals surface area contributed by atoms with Crippen molar-refractivity contribution in [1.82, 2.24) is 0 Å². The van der Waals surface area contributed by atoms with Gasteiger partial charge in [-0.15, -0.1) is 0 Å². The first-order chi connectivity index (χ1) is 8.70. The first kappa shape index (κ1) is 13.3. The smallest absolute Gasteiger partial charge is 0.119 e. The summed E-state index contributed by atoms with van der Waals surface area (Å²) in [6.45, 7) is 2.99. The van der Waals surface area contributed by atoms with Crippen LogP contribution in [0.2, 0.25) is 0 Å². The lowest BCUT2D eigenvalue weighted by Gasteiger charge is -2.13. The Morgan fingerprint density at radius 1 is 1.39 bits per heavy atom. The van der Waals surface area contributed by atoms with E-state index in [9.17, 15) is 10.2 Å². The van der Waals surface area contributed by atoms with Gasteiger partial charge in [0.15, 0.2) is 0 Å². The van der Waals surface area contributed by atoms with E-state index < -0.39 is 6.10 Å². The van der Waals surface area contributed by atoms with Crippen molar-refractivity contribution < 1.29 is 19.7 Å². The van der Waals surface area contributed by atoms with Gasteiger partial charge in [-0.1, -0.05) is 6.07 Å². The molecule has 18 heavy (non-hydrogen) atoms. The molecule has 100 valence electrons. The third-order valence-electron chi connectivity index (χ3n) is 3.12. The molecule has 0 bridgehead atoms. The zero-order valence-electron chi connectivity index (χ0n) is 10.6. The molecule has 1 aliphatic rings. The molecule has 0 aromatic heterocycles. The summed E-state index contributed by atoms with van der Waals surface area (Å²) in [5, 5.41) is 19.3. The quantitative estimate of drug-likeness (QED) is 0.804. The van der Waals surface area contributed by atoms with Gasteiger partial charge >= 0.3 is 0 Å². The molecule has 0 saturated carbocycles. The van der Waals surface area contributed by atoms with E-state index in [1.807, 2.05) is 25.1 Å². The highest BCUT2D eigenvalue weighted by Crippen LogP contribution is 2.33. The number of benzene rings is 1. The molecular formula is C14H20O4. The van der Waals surface area contributed by atoms with Crippen LogP contribution in [0.1, 0.15) is 30.6 Å². The van der Waals surface area contributed by atoms with E-state index in [2.05, 4.69) is 0 Å². The van der Waals surface area contributed by atoms with Crippen LogP contribution in [0.5, 0.6) is 5.75 Å². The van der Waals surface area contributed by atoms with Crippen molar-refractivity contribution in [1.29, 1.82) is 0 Å². The molecule has 0 fully saturated rings. The van der Waals surface area contributed by atoms with Crippen molar-refractivity contribution in [2.24, 2.45) is 0 Å². The summed E-state index contributed by atoms with van der Waals surface area (Å²) >= 11 is 0. The second-order valence-electron chi connectivity index (χ2n) is 4.54. The van der Waals surface area contributed by atoms with Gasteiger partial charge in [-0.2, -0.15) is 0 Å². The van der Waals surface area contributed by atoms with E-state index in [1.54, 1.807) is 0 Å². The zero-order valence-corrected chi connectivity index (χ0v) is 10.6. The minimum absolute atomic E-state index is 0.224. The molecule has 0 spiro atoms. The van der Waals surface area contributed by atoms with E-state index in [4.69, 9.17) is 9.47 Å². The summed E-state index contributed by atoms with van der Waals surface area (Å²) < 4.78 is 10.6. The van der Waals surface area contributed by atoms with Crippen LogP contribution < -0.4 is 4.74 Å². The second-order valence-corrected chi connectivity index (χ2v) is 4.54. The molecule has 0 heterocycles. The Balaban J connectivity index is 1.87. The van der Waals surface area contributed by atoms with Crippen LogP contribution in [0.15, 0.2) is 18.2 Å². The average molecular weight is 252 g/mol. The zero-order chi connectivity index (χ0) is 13.0. The maximum Gasteiger partial charge on any atom is 0.119 e. The number of aliphatic hydroxyl groups is 2. The maximum absolute atomic E-state index is 9.69. The molecule has 2 atom stereocenters. The highest BCUT2D eigenvalue weighted by atomic mass is 16.5. The van der Waals surface area contributed by atoms with Crippen LogP contribution in [0.3, 0.4) is 0 Å². The summed E-state index contributed by atoms with van der Waals surface area (Å²) in [5.41, 5.74) is 2.14. The minimum atomic E-state index is -0.608. The molecule has 0 radical (unpaired) electrons. The Kier molecular flexibility index (Phi) is 4.58. The normalized spacial score (nSPS) is 19.6. The lowest BCUT2D eigenvalue weighted by molar-refractivity contribution is 0.0164. The Bertz CT molecular complexity index is 391. The molecule has 1 aromatic carbocycles. The largest absolute Gasteiger partial charge is 0.491 e. The fraction of sp³-hybridized carbons (Fsp3) is 0.571. The molecule has 0 amide bonds. The topological polar surface area (TPSA) is 58.9 Å². The van der Waals surface area contributed by atoms with E-state index in [0.29, 0.717) is 13.2 Å². The van der Waals surface area contributed by atoms with Crippen molar-refractivity contribution in [2.45, 2.75) is 32.0 Å². The molecule has 4 nitrogen and oxygen atoms in total.